The van der Waals surface area contributed by atoms with E-state index in [-0.39, 0.29) is 23.7 Å². The lowest BCUT2D eigenvalue weighted by molar-refractivity contribution is -0.139. The van der Waals surface area contributed by atoms with Crippen LogP contribution in [0.2, 0.25) is 0 Å². The molecule has 2 rings (SSSR count). The van der Waals surface area contributed by atoms with Crippen LogP contribution in [-0.2, 0) is 14.8 Å². The molecule has 0 aromatic heterocycles. The van der Waals surface area contributed by atoms with E-state index >= 15 is 0 Å². The maximum absolute atomic E-state index is 12.4. The molecule has 0 saturated heterocycles. The van der Waals surface area contributed by atoms with Crippen LogP contribution in [0.15, 0.2) is 23.1 Å². The predicted octanol–water partition coefficient (Wildman–Crippen LogP) is 0.989. The lowest BCUT2D eigenvalue weighted by Crippen LogP contribution is -2.40. The number of carboxylic acid groups (broad SMARTS) is 1. The highest BCUT2D eigenvalue weighted by atomic mass is 32.2. The highest BCUT2D eigenvalue weighted by molar-refractivity contribution is 7.89. The predicted molar refractivity (Wildman–Crippen MR) is 74.1 cm³/mol. The zero-order valence-corrected chi connectivity index (χ0v) is 12.4. The zero-order chi connectivity index (χ0) is 15.5. The average molecular weight is 315 g/mol. The molecule has 1 aromatic carbocycles. The van der Waals surface area contributed by atoms with Crippen molar-refractivity contribution in [2.24, 2.45) is 0 Å². The lowest BCUT2D eigenvalue weighted by atomic mass is 10.2. The van der Waals surface area contributed by atoms with E-state index < -0.39 is 22.0 Å². The number of carboxylic acids is 1. The third-order valence-corrected chi connectivity index (χ3v) is 4.49. The van der Waals surface area contributed by atoms with Crippen LogP contribution >= 0.6 is 0 Å². The molecule has 21 heavy (non-hydrogen) atoms. The molecule has 1 heterocycles. The Bertz CT molecular complexity index is 628. The van der Waals surface area contributed by atoms with Crippen LogP contribution in [0.25, 0.3) is 0 Å². The smallest absolute Gasteiger partial charge is 0.321 e. The lowest BCUT2D eigenvalue weighted by Gasteiger charge is -2.21. The summed E-state index contributed by atoms with van der Waals surface area (Å²) in [7, 11) is -4.00. The first kappa shape index (κ1) is 15.6. The molecule has 8 heteroatoms. The summed E-state index contributed by atoms with van der Waals surface area (Å²) in [5.41, 5.74) is 0. The van der Waals surface area contributed by atoms with Gasteiger partial charge >= 0.3 is 5.97 Å². The largest absolute Gasteiger partial charge is 0.486 e. The molecule has 116 valence electrons. The molecule has 1 aliphatic rings. The fraction of sp³-hybridized carbons (Fsp3) is 0.462. The quantitative estimate of drug-likeness (QED) is 0.811. The van der Waals surface area contributed by atoms with Crippen LogP contribution in [0, 0.1) is 0 Å². The van der Waals surface area contributed by atoms with E-state index in [0.717, 1.165) is 0 Å². The average Bonchev–Trinajstić information content (AvgIpc) is 2.46. The summed E-state index contributed by atoms with van der Waals surface area (Å²) in [5, 5.41) is 9.07. The Morgan fingerprint density at radius 2 is 2.10 bits per heavy atom. The molecule has 0 amide bonds. The number of aliphatic carboxylic acids is 1. The molecule has 1 unspecified atom stereocenters. The second-order valence-electron chi connectivity index (χ2n) is 4.58. The van der Waals surface area contributed by atoms with Crippen LogP contribution in [-0.4, -0.2) is 38.7 Å². The Morgan fingerprint density at radius 1 is 1.38 bits per heavy atom. The molecule has 2 N–H and O–H groups in total. The number of fused-ring (bicyclic) bond motifs is 1. The monoisotopic (exact) mass is 315 g/mol. The van der Waals surface area contributed by atoms with Gasteiger partial charge in [-0.2, -0.15) is 4.72 Å². The number of nitrogens with one attached hydrogen (secondary N) is 1. The van der Waals surface area contributed by atoms with Crippen LogP contribution in [0.5, 0.6) is 11.5 Å². The van der Waals surface area contributed by atoms with Gasteiger partial charge in [0, 0.05) is 0 Å². The van der Waals surface area contributed by atoms with E-state index in [9.17, 15) is 13.2 Å². The number of benzene rings is 1. The first-order chi connectivity index (χ1) is 9.95. The minimum Gasteiger partial charge on any atom is -0.486 e. The Labute approximate surface area is 122 Å². The van der Waals surface area contributed by atoms with Crippen molar-refractivity contribution in [2.75, 3.05) is 13.2 Å². The molecule has 0 saturated carbocycles. The van der Waals surface area contributed by atoms with Gasteiger partial charge in [0.05, 0.1) is 0 Å². The standard InChI is InChI=1S/C13H17NO6S/c1-2-4-9(13(15)16)14-21(17,18)11-6-3-5-10-12(11)20-8-7-19-10/h3,5-6,9,14H,2,4,7-8H2,1H3,(H,15,16). The summed E-state index contributed by atoms with van der Waals surface area (Å²) in [6, 6.07) is 3.33. The molecule has 0 bridgehead atoms. The van der Waals surface area contributed by atoms with Crippen LogP contribution in [0.1, 0.15) is 19.8 Å². The first-order valence-electron chi connectivity index (χ1n) is 6.59. The highest BCUT2D eigenvalue weighted by Crippen LogP contribution is 2.36. The van der Waals surface area contributed by atoms with Crippen molar-refractivity contribution in [1.82, 2.24) is 4.72 Å². The topological polar surface area (TPSA) is 102 Å². The first-order valence-corrected chi connectivity index (χ1v) is 8.07. The van der Waals surface area contributed by atoms with Crippen molar-refractivity contribution in [2.45, 2.75) is 30.7 Å². The molecule has 1 aromatic rings. The van der Waals surface area contributed by atoms with Gasteiger partial charge in [0.15, 0.2) is 11.5 Å². The van der Waals surface area contributed by atoms with Gasteiger partial charge in [-0.1, -0.05) is 19.4 Å². The maximum atomic E-state index is 12.4. The number of hydrogen-bond acceptors (Lipinski definition) is 5. The van der Waals surface area contributed by atoms with E-state index in [0.29, 0.717) is 18.8 Å². The van der Waals surface area contributed by atoms with Crippen LogP contribution in [0.4, 0.5) is 0 Å². The van der Waals surface area contributed by atoms with E-state index in [1.54, 1.807) is 13.0 Å². The van der Waals surface area contributed by atoms with E-state index in [1.807, 2.05) is 0 Å². The van der Waals surface area contributed by atoms with Gasteiger partial charge in [0.25, 0.3) is 0 Å². The fourth-order valence-electron chi connectivity index (χ4n) is 2.03. The summed E-state index contributed by atoms with van der Waals surface area (Å²) in [5.74, 6) is -0.745. The Hall–Kier alpha value is -1.80. The van der Waals surface area contributed by atoms with Crippen molar-refractivity contribution < 1.29 is 27.8 Å². The Morgan fingerprint density at radius 3 is 2.76 bits per heavy atom. The van der Waals surface area contributed by atoms with E-state index in [4.69, 9.17) is 14.6 Å². The number of sulfonamides is 1. The normalized spacial score (nSPS) is 15.5. The zero-order valence-electron chi connectivity index (χ0n) is 11.5. The molecule has 0 radical (unpaired) electrons. The second-order valence-corrected chi connectivity index (χ2v) is 6.26. The molecule has 0 aliphatic carbocycles. The van der Waals surface area contributed by atoms with Crippen molar-refractivity contribution in [3.8, 4) is 11.5 Å². The number of carbonyl (C=O) groups is 1. The van der Waals surface area contributed by atoms with Crippen molar-refractivity contribution in [1.29, 1.82) is 0 Å². The molecule has 1 atom stereocenters. The van der Waals surface area contributed by atoms with Gasteiger partial charge < -0.3 is 14.6 Å². The van der Waals surface area contributed by atoms with Crippen LogP contribution < -0.4 is 14.2 Å². The summed E-state index contributed by atoms with van der Waals surface area (Å²) >= 11 is 0. The van der Waals surface area contributed by atoms with Gasteiger partial charge in [0.2, 0.25) is 10.0 Å². The van der Waals surface area contributed by atoms with Crippen molar-refractivity contribution >= 4 is 16.0 Å². The Kier molecular flexibility index (Phi) is 4.69. The summed E-state index contributed by atoms with van der Waals surface area (Å²) < 4.78 is 37.6. The van der Waals surface area contributed by atoms with Crippen molar-refractivity contribution in [3.05, 3.63) is 18.2 Å². The summed E-state index contributed by atoms with van der Waals surface area (Å²) in [4.78, 5) is 11.0. The molecule has 0 spiro atoms. The third kappa shape index (κ3) is 3.45. The third-order valence-electron chi connectivity index (χ3n) is 2.99. The van der Waals surface area contributed by atoms with E-state index in [1.165, 1.54) is 12.1 Å². The SMILES string of the molecule is CCCC(NS(=O)(=O)c1cccc2c1OCCO2)C(=O)O. The van der Waals surface area contributed by atoms with Gasteiger partial charge in [0.1, 0.15) is 24.2 Å². The molecule has 1 aliphatic heterocycles. The molecular weight excluding hydrogens is 298 g/mol. The van der Waals surface area contributed by atoms with Gasteiger partial charge in [-0.3, -0.25) is 4.79 Å². The maximum Gasteiger partial charge on any atom is 0.321 e. The summed E-state index contributed by atoms with van der Waals surface area (Å²) in [6.07, 6.45) is 0.757. The minimum atomic E-state index is -4.00. The minimum absolute atomic E-state index is 0.109. The van der Waals surface area contributed by atoms with Gasteiger partial charge in [-0.15, -0.1) is 0 Å². The van der Waals surface area contributed by atoms with Crippen molar-refractivity contribution in [3.63, 3.8) is 0 Å². The van der Waals surface area contributed by atoms with E-state index in [2.05, 4.69) is 4.72 Å². The van der Waals surface area contributed by atoms with Gasteiger partial charge in [-0.05, 0) is 18.6 Å². The molecule has 0 fully saturated rings. The van der Waals surface area contributed by atoms with Crippen LogP contribution in [0.3, 0.4) is 0 Å². The summed E-state index contributed by atoms with van der Waals surface area (Å²) in [6.45, 7) is 2.37. The number of ether oxygens (including phenoxy) is 2. The second kappa shape index (κ2) is 6.31. The Balaban J connectivity index is 2.33. The number of para-hydroxylation sites is 1. The molecular formula is C13H17NO6S. The van der Waals surface area contributed by atoms with Gasteiger partial charge in [-0.25, -0.2) is 8.42 Å². The number of hydrogen-bond donors (Lipinski definition) is 2. The number of rotatable bonds is 6. The fourth-order valence-corrected chi connectivity index (χ4v) is 3.41. The molecule has 7 nitrogen and oxygen atoms in total. The highest BCUT2D eigenvalue weighted by Gasteiger charge is 2.29.